The number of nitrogens with zero attached hydrogens (tertiary/aromatic N) is 1. The molecular formula is C13H19NO2. The Bertz CT molecular complexity index is 309. The van der Waals surface area contributed by atoms with Crippen molar-refractivity contribution < 1.29 is 9.53 Å². The first-order valence-electron chi connectivity index (χ1n) is 5.72. The van der Waals surface area contributed by atoms with Crippen LogP contribution < -0.4 is 0 Å². The Morgan fingerprint density at radius 1 is 1.38 bits per heavy atom. The molecule has 16 heavy (non-hydrogen) atoms. The van der Waals surface area contributed by atoms with E-state index in [0.717, 1.165) is 13.0 Å². The van der Waals surface area contributed by atoms with Crippen LogP contribution in [0.15, 0.2) is 24.4 Å². The third-order valence-electron chi connectivity index (χ3n) is 2.26. The zero-order chi connectivity index (χ0) is 11.8. The van der Waals surface area contributed by atoms with Gasteiger partial charge in [0.15, 0.2) is 5.78 Å². The summed E-state index contributed by atoms with van der Waals surface area (Å²) in [5, 5.41) is 0. The normalized spacial score (nSPS) is 10.7. The fourth-order valence-corrected chi connectivity index (χ4v) is 1.24. The van der Waals surface area contributed by atoms with Gasteiger partial charge in [0, 0.05) is 19.2 Å². The summed E-state index contributed by atoms with van der Waals surface area (Å²) in [4.78, 5) is 15.6. The highest BCUT2D eigenvalue weighted by molar-refractivity contribution is 5.94. The van der Waals surface area contributed by atoms with Crippen LogP contribution in [0.4, 0.5) is 0 Å². The lowest BCUT2D eigenvalue weighted by Gasteiger charge is -2.05. The lowest BCUT2D eigenvalue weighted by atomic mass is 10.1. The van der Waals surface area contributed by atoms with Gasteiger partial charge in [-0.05, 0) is 24.5 Å². The van der Waals surface area contributed by atoms with Gasteiger partial charge >= 0.3 is 0 Å². The Morgan fingerprint density at radius 2 is 2.19 bits per heavy atom. The fraction of sp³-hybridized carbons (Fsp3) is 0.538. The van der Waals surface area contributed by atoms with Crippen molar-refractivity contribution in [3.63, 3.8) is 0 Å². The third kappa shape index (κ3) is 5.03. The monoisotopic (exact) mass is 221 g/mol. The first-order chi connectivity index (χ1) is 7.70. The molecule has 0 aliphatic rings. The number of ether oxygens (including phenoxy) is 1. The van der Waals surface area contributed by atoms with E-state index >= 15 is 0 Å². The number of carbonyl (C=O) groups is 1. The second kappa shape index (κ2) is 7.12. The minimum atomic E-state index is 0.0464. The highest BCUT2D eigenvalue weighted by atomic mass is 16.5. The molecular weight excluding hydrogens is 202 g/mol. The minimum absolute atomic E-state index is 0.0464. The van der Waals surface area contributed by atoms with Gasteiger partial charge in [-0.15, -0.1) is 0 Å². The standard InChI is InChI=1S/C13H19NO2/c1-11(2)6-9-16-10-7-13(15)12-5-3-4-8-14-12/h3-5,8,11H,6-7,9-10H2,1-2H3. The van der Waals surface area contributed by atoms with Crippen LogP contribution in [0.1, 0.15) is 37.2 Å². The van der Waals surface area contributed by atoms with Crippen molar-refractivity contribution in [1.29, 1.82) is 0 Å². The van der Waals surface area contributed by atoms with Gasteiger partial charge in [-0.3, -0.25) is 9.78 Å². The van der Waals surface area contributed by atoms with Crippen LogP contribution in [0.2, 0.25) is 0 Å². The van der Waals surface area contributed by atoms with Crippen molar-refractivity contribution in [3.05, 3.63) is 30.1 Å². The molecule has 0 aliphatic carbocycles. The van der Waals surface area contributed by atoms with Gasteiger partial charge in [-0.2, -0.15) is 0 Å². The minimum Gasteiger partial charge on any atom is -0.381 e. The summed E-state index contributed by atoms with van der Waals surface area (Å²) < 4.78 is 5.39. The van der Waals surface area contributed by atoms with E-state index in [1.165, 1.54) is 0 Å². The summed E-state index contributed by atoms with van der Waals surface area (Å²) in [7, 11) is 0. The number of carbonyl (C=O) groups excluding carboxylic acids is 1. The zero-order valence-corrected chi connectivity index (χ0v) is 9.98. The molecule has 0 fully saturated rings. The quantitative estimate of drug-likeness (QED) is 0.525. The molecule has 0 saturated carbocycles. The molecule has 0 aromatic carbocycles. The lowest BCUT2D eigenvalue weighted by molar-refractivity contribution is 0.0856. The van der Waals surface area contributed by atoms with Crippen molar-refractivity contribution in [2.75, 3.05) is 13.2 Å². The first-order valence-corrected chi connectivity index (χ1v) is 5.72. The Kier molecular flexibility index (Phi) is 5.72. The maximum atomic E-state index is 11.6. The van der Waals surface area contributed by atoms with Crippen molar-refractivity contribution >= 4 is 5.78 Å². The molecule has 1 rings (SSSR count). The van der Waals surface area contributed by atoms with Crippen molar-refractivity contribution in [3.8, 4) is 0 Å². The molecule has 0 N–H and O–H groups in total. The molecule has 0 amide bonds. The average molecular weight is 221 g/mol. The molecule has 3 heteroatoms. The largest absolute Gasteiger partial charge is 0.381 e. The number of rotatable bonds is 7. The highest BCUT2D eigenvalue weighted by Crippen LogP contribution is 2.02. The number of pyridine rings is 1. The molecule has 0 aliphatic heterocycles. The SMILES string of the molecule is CC(C)CCOCCC(=O)c1ccccn1. The molecule has 0 bridgehead atoms. The van der Waals surface area contributed by atoms with Crippen molar-refractivity contribution in [2.24, 2.45) is 5.92 Å². The molecule has 1 heterocycles. The number of hydrogen-bond donors (Lipinski definition) is 0. The second-order valence-electron chi connectivity index (χ2n) is 4.18. The number of ketones is 1. The van der Waals surface area contributed by atoms with E-state index in [2.05, 4.69) is 18.8 Å². The summed E-state index contributed by atoms with van der Waals surface area (Å²) in [6, 6.07) is 5.35. The van der Waals surface area contributed by atoms with E-state index in [9.17, 15) is 4.79 Å². The number of hydrogen-bond acceptors (Lipinski definition) is 3. The molecule has 88 valence electrons. The zero-order valence-electron chi connectivity index (χ0n) is 9.98. The predicted molar refractivity (Wildman–Crippen MR) is 63.5 cm³/mol. The van der Waals surface area contributed by atoms with Crippen LogP contribution in [-0.2, 0) is 4.74 Å². The predicted octanol–water partition coefficient (Wildman–Crippen LogP) is 2.72. The summed E-state index contributed by atoms with van der Waals surface area (Å²) in [6.07, 6.45) is 3.08. The van der Waals surface area contributed by atoms with Crippen LogP contribution in [0.5, 0.6) is 0 Å². The van der Waals surface area contributed by atoms with E-state index in [-0.39, 0.29) is 5.78 Å². The molecule has 0 saturated heterocycles. The van der Waals surface area contributed by atoms with Gasteiger partial charge in [-0.1, -0.05) is 19.9 Å². The first kappa shape index (κ1) is 12.8. The molecule has 1 aromatic heterocycles. The maximum absolute atomic E-state index is 11.6. The molecule has 0 spiro atoms. The van der Waals surface area contributed by atoms with E-state index in [4.69, 9.17) is 4.74 Å². The van der Waals surface area contributed by atoms with Gasteiger partial charge in [-0.25, -0.2) is 0 Å². The Labute approximate surface area is 96.8 Å². The van der Waals surface area contributed by atoms with Crippen LogP contribution in [0.25, 0.3) is 0 Å². The third-order valence-corrected chi connectivity index (χ3v) is 2.26. The molecule has 0 atom stereocenters. The smallest absolute Gasteiger partial charge is 0.183 e. The maximum Gasteiger partial charge on any atom is 0.183 e. The van der Waals surface area contributed by atoms with Crippen LogP contribution in [0.3, 0.4) is 0 Å². The molecule has 1 aromatic rings. The second-order valence-corrected chi connectivity index (χ2v) is 4.18. The van der Waals surface area contributed by atoms with E-state index in [1.807, 2.05) is 6.07 Å². The molecule has 3 nitrogen and oxygen atoms in total. The van der Waals surface area contributed by atoms with Crippen LogP contribution >= 0.6 is 0 Å². The summed E-state index contributed by atoms with van der Waals surface area (Å²) in [5.74, 6) is 0.691. The van der Waals surface area contributed by atoms with Gasteiger partial charge in [0.05, 0.1) is 6.61 Å². The van der Waals surface area contributed by atoms with Crippen LogP contribution in [0, 0.1) is 5.92 Å². The van der Waals surface area contributed by atoms with Crippen molar-refractivity contribution in [2.45, 2.75) is 26.7 Å². The molecule has 0 radical (unpaired) electrons. The van der Waals surface area contributed by atoms with E-state index in [0.29, 0.717) is 24.6 Å². The van der Waals surface area contributed by atoms with E-state index < -0.39 is 0 Å². The van der Waals surface area contributed by atoms with Gasteiger partial charge in [0.1, 0.15) is 5.69 Å². The number of Topliss-reactive ketones (excluding diaryl/α,β-unsaturated/α-hetero) is 1. The summed E-state index contributed by atoms with van der Waals surface area (Å²) in [6.45, 7) is 5.53. The van der Waals surface area contributed by atoms with E-state index in [1.54, 1.807) is 18.3 Å². The Balaban J connectivity index is 2.16. The summed E-state index contributed by atoms with van der Waals surface area (Å²) in [5.41, 5.74) is 0.523. The van der Waals surface area contributed by atoms with Gasteiger partial charge in [0.2, 0.25) is 0 Å². The Morgan fingerprint density at radius 3 is 2.81 bits per heavy atom. The summed E-state index contributed by atoms with van der Waals surface area (Å²) >= 11 is 0. The Hall–Kier alpha value is -1.22. The lowest BCUT2D eigenvalue weighted by Crippen LogP contribution is -2.07. The van der Waals surface area contributed by atoms with Gasteiger partial charge in [0.25, 0.3) is 0 Å². The average Bonchev–Trinajstić information content (AvgIpc) is 2.29. The molecule has 0 unspecified atom stereocenters. The van der Waals surface area contributed by atoms with Crippen molar-refractivity contribution in [1.82, 2.24) is 4.98 Å². The number of aromatic nitrogens is 1. The van der Waals surface area contributed by atoms with Crippen LogP contribution in [-0.4, -0.2) is 24.0 Å². The van der Waals surface area contributed by atoms with Gasteiger partial charge < -0.3 is 4.74 Å². The fourth-order valence-electron chi connectivity index (χ4n) is 1.24. The topological polar surface area (TPSA) is 39.2 Å². The highest BCUT2D eigenvalue weighted by Gasteiger charge is 2.05.